The molecule has 0 aliphatic rings. The molecule has 0 saturated carbocycles. The molecule has 0 fully saturated rings. The van der Waals surface area contributed by atoms with Gasteiger partial charge in [0.25, 0.3) is 5.69 Å². The summed E-state index contributed by atoms with van der Waals surface area (Å²) in [6.45, 7) is 1.10. The summed E-state index contributed by atoms with van der Waals surface area (Å²) in [6, 6.07) is 10.4. The van der Waals surface area contributed by atoms with Gasteiger partial charge in [-0.05, 0) is 18.2 Å². The Balaban J connectivity index is 1.55. The van der Waals surface area contributed by atoms with Crippen LogP contribution in [-0.4, -0.2) is 33.0 Å². The van der Waals surface area contributed by atoms with Crippen LogP contribution in [-0.2, 0) is 0 Å². The number of anilines is 2. The molecule has 0 amide bonds. The third-order valence-electron chi connectivity index (χ3n) is 3.32. The largest absolute Gasteiger partial charge is 0.368 e. The van der Waals surface area contributed by atoms with Gasteiger partial charge in [-0.1, -0.05) is 6.07 Å². The first-order valence-electron chi connectivity index (χ1n) is 7.14. The predicted molar refractivity (Wildman–Crippen MR) is 88.7 cm³/mol. The van der Waals surface area contributed by atoms with Crippen LogP contribution in [0.25, 0.3) is 11.0 Å². The van der Waals surface area contributed by atoms with Crippen LogP contribution < -0.4 is 10.6 Å². The number of nitrogens with one attached hydrogen (secondary N) is 3. The minimum absolute atomic E-state index is 0.0470. The molecular weight excluding hydrogens is 310 g/mol. The predicted octanol–water partition coefficient (Wildman–Crippen LogP) is 2.26. The van der Waals surface area contributed by atoms with Crippen LogP contribution in [0.4, 0.5) is 17.5 Å². The fraction of sp³-hybridized carbons (Fsp3) is 0.133. The van der Waals surface area contributed by atoms with Gasteiger partial charge in [-0.3, -0.25) is 10.1 Å². The van der Waals surface area contributed by atoms with Crippen molar-refractivity contribution in [2.45, 2.75) is 0 Å². The lowest BCUT2D eigenvalue weighted by molar-refractivity contribution is -0.385. The lowest BCUT2D eigenvalue weighted by Crippen LogP contribution is -2.14. The molecular formula is C15H13N7O2. The molecule has 3 N–H and O–H groups in total. The van der Waals surface area contributed by atoms with Crippen molar-refractivity contribution in [3.05, 3.63) is 52.2 Å². The minimum Gasteiger partial charge on any atom is -0.368 e. The number of benzene rings is 1. The lowest BCUT2D eigenvalue weighted by Gasteiger charge is -2.05. The molecule has 0 aliphatic carbocycles. The van der Waals surface area contributed by atoms with Gasteiger partial charge in [-0.25, -0.2) is 9.97 Å². The molecule has 9 nitrogen and oxygen atoms in total. The molecule has 0 atom stereocenters. The number of para-hydroxylation sites is 1. The molecule has 0 bridgehead atoms. The second kappa shape index (κ2) is 6.62. The molecule has 2 heterocycles. The molecule has 0 radical (unpaired) electrons. The second-order valence-electron chi connectivity index (χ2n) is 4.91. The van der Waals surface area contributed by atoms with Crippen LogP contribution in [0.2, 0.25) is 0 Å². The van der Waals surface area contributed by atoms with Gasteiger partial charge < -0.3 is 15.6 Å². The van der Waals surface area contributed by atoms with Gasteiger partial charge in [0.2, 0.25) is 5.95 Å². The van der Waals surface area contributed by atoms with Crippen molar-refractivity contribution in [2.24, 2.45) is 0 Å². The summed E-state index contributed by atoms with van der Waals surface area (Å²) in [5.74, 6) is 1.13. The van der Waals surface area contributed by atoms with E-state index in [1.54, 1.807) is 18.2 Å². The van der Waals surface area contributed by atoms with Crippen molar-refractivity contribution in [2.75, 3.05) is 23.7 Å². The lowest BCUT2D eigenvalue weighted by atomic mass is 10.2. The van der Waals surface area contributed by atoms with E-state index in [0.717, 1.165) is 5.52 Å². The third-order valence-corrected chi connectivity index (χ3v) is 3.32. The number of rotatable bonds is 6. The van der Waals surface area contributed by atoms with E-state index in [2.05, 4.69) is 31.7 Å². The highest BCUT2D eigenvalue weighted by Crippen LogP contribution is 2.17. The number of aromatic nitrogens is 3. The van der Waals surface area contributed by atoms with Gasteiger partial charge in [0.15, 0.2) is 0 Å². The van der Waals surface area contributed by atoms with E-state index in [9.17, 15) is 10.1 Å². The van der Waals surface area contributed by atoms with E-state index < -0.39 is 4.92 Å². The van der Waals surface area contributed by atoms with Crippen molar-refractivity contribution in [3.8, 4) is 6.07 Å². The molecule has 3 rings (SSSR count). The summed E-state index contributed by atoms with van der Waals surface area (Å²) in [5, 5.41) is 25.8. The van der Waals surface area contributed by atoms with Crippen LogP contribution in [0.1, 0.15) is 5.56 Å². The maximum Gasteiger partial charge on any atom is 0.287 e. The molecule has 0 unspecified atom stereocenters. The minimum atomic E-state index is -0.491. The SMILES string of the molecule is N#Cc1cccc2[nH]c(NCCNc3ccc([N+](=O)[O-])cn3)nc12. The first-order valence-corrected chi connectivity index (χ1v) is 7.14. The number of imidazole rings is 1. The number of H-pyrrole nitrogens is 1. The summed E-state index contributed by atoms with van der Waals surface area (Å²) < 4.78 is 0. The Labute approximate surface area is 136 Å². The Morgan fingerprint density at radius 3 is 2.79 bits per heavy atom. The van der Waals surface area contributed by atoms with Gasteiger partial charge >= 0.3 is 0 Å². The van der Waals surface area contributed by atoms with Gasteiger partial charge in [-0.15, -0.1) is 0 Å². The molecule has 0 spiro atoms. The Morgan fingerprint density at radius 2 is 2.08 bits per heavy atom. The van der Waals surface area contributed by atoms with Crippen molar-refractivity contribution < 1.29 is 4.92 Å². The number of nitro groups is 1. The maximum atomic E-state index is 10.6. The van der Waals surface area contributed by atoms with Gasteiger partial charge in [0.1, 0.15) is 23.6 Å². The summed E-state index contributed by atoms with van der Waals surface area (Å²) >= 11 is 0. The number of nitrogens with zero attached hydrogens (tertiary/aromatic N) is 4. The summed E-state index contributed by atoms with van der Waals surface area (Å²) in [5.41, 5.74) is 1.90. The average Bonchev–Trinajstić information content (AvgIpc) is 3.02. The number of aromatic amines is 1. The van der Waals surface area contributed by atoms with Gasteiger partial charge in [0.05, 0.1) is 16.0 Å². The van der Waals surface area contributed by atoms with E-state index in [1.165, 1.54) is 12.3 Å². The Kier molecular flexibility index (Phi) is 4.20. The highest BCUT2D eigenvalue weighted by atomic mass is 16.6. The van der Waals surface area contributed by atoms with E-state index in [0.29, 0.717) is 35.9 Å². The van der Waals surface area contributed by atoms with Crippen LogP contribution in [0.3, 0.4) is 0 Å². The zero-order chi connectivity index (χ0) is 16.9. The smallest absolute Gasteiger partial charge is 0.287 e. The first kappa shape index (κ1) is 15.2. The third kappa shape index (κ3) is 3.22. The van der Waals surface area contributed by atoms with Crippen LogP contribution in [0, 0.1) is 21.4 Å². The number of fused-ring (bicyclic) bond motifs is 1. The van der Waals surface area contributed by atoms with Gasteiger partial charge in [0, 0.05) is 19.2 Å². The second-order valence-corrected chi connectivity index (χ2v) is 4.91. The normalized spacial score (nSPS) is 10.3. The number of pyridine rings is 1. The van der Waals surface area contributed by atoms with Crippen molar-refractivity contribution >= 4 is 28.5 Å². The fourth-order valence-electron chi connectivity index (χ4n) is 2.18. The zero-order valence-corrected chi connectivity index (χ0v) is 12.5. The standard InChI is InChI=1S/C15H13N7O2/c16-8-10-2-1-3-12-14(10)21-15(20-12)18-7-6-17-13-5-4-11(9-19-13)22(23)24/h1-5,9H,6-7H2,(H,17,19)(H2,18,20,21). The Hall–Kier alpha value is -3.67. The maximum absolute atomic E-state index is 10.6. The molecule has 0 aliphatic heterocycles. The van der Waals surface area contributed by atoms with Crippen molar-refractivity contribution in [1.82, 2.24) is 15.0 Å². The van der Waals surface area contributed by atoms with Crippen molar-refractivity contribution in [3.63, 3.8) is 0 Å². The average molecular weight is 323 g/mol. The molecule has 3 aromatic rings. The van der Waals surface area contributed by atoms with E-state index in [-0.39, 0.29) is 5.69 Å². The van der Waals surface area contributed by atoms with E-state index in [1.807, 2.05) is 6.07 Å². The molecule has 120 valence electrons. The van der Waals surface area contributed by atoms with Crippen molar-refractivity contribution in [1.29, 1.82) is 5.26 Å². The Bertz CT molecular complexity index is 912. The quantitative estimate of drug-likeness (QED) is 0.360. The molecule has 24 heavy (non-hydrogen) atoms. The molecule has 0 saturated heterocycles. The van der Waals surface area contributed by atoms with E-state index in [4.69, 9.17) is 5.26 Å². The first-order chi connectivity index (χ1) is 11.7. The highest BCUT2D eigenvalue weighted by molar-refractivity contribution is 5.83. The summed E-state index contributed by atoms with van der Waals surface area (Å²) in [4.78, 5) is 21.5. The molecule has 9 heteroatoms. The fourth-order valence-corrected chi connectivity index (χ4v) is 2.18. The number of hydrogen-bond acceptors (Lipinski definition) is 7. The summed E-state index contributed by atoms with van der Waals surface area (Å²) in [7, 11) is 0. The molecule has 2 aromatic heterocycles. The topological polar surface area (TPSA) is 133 Å². The molecule has 1 aromatic carbocycles. The Morgan fingerprint density at radius 1 is 1.25 bits per heavy atom. The van der Waals surface area contributed by atoms with Crippen LogP contribution in [0.15, 0.2) is 36.5 Å². The summed E-state index contributed by atoms with van der Waals surface area (Å²) in [6.07, 6.45) is 1.21. The number of nitriles is 1. The zero-order valence-electron chi connectivity index (χ0n) is 12.5. The van der Waals surface area contributed by atoms with Crippen LogP contribution >= 0.6 is 0 Å². The van der Waals surface area contributed by atoms with Gasteiger partial charge in [-0.2, -0.15) is 5.26 Å². The highest BCUT2D eigenvalue weighted by Gasteiger charge is 2.07. The van der Waals surface area contributed by atoms with E-state index >= 15 is 0 Å². The van der Waals surface area contributed by atoms with Crippen LogP contribution in [0.5, 0.6) is 0 Å². The number of hydrogen-bond donors (Lipinski definition) is 3. The monoisotopic (exact) mass is 323 g/mol.